The molecule has 190 valence electrons. The van der Waals surface area contributed by atoms with E-state index in [2.05, 4.69) is 16.0 Å². The molecule has 5 rings (SSSR count). The molecule has 0 amide bonds. The molecular formula is C28H32N2O5S. The third kappa shape index (κ3) is 5.71. The minimum absolute atomic E-state index is 0.0301. The zero-order chi connectivity index (χ0) is 25.1. The molecule has 7 nitrogen and oxygen atoms in total. The van der Waals surface area contributed by atoms with E-state index in [9.17, 15) is 13.2 Å². The average molecular weight is 509 g/mol. The van der Waals surface area contributed by atoms with E-state index in [0.29, 0.717) is 16.6 Å². The van der Waals surface area contributed by atoms with Crippen LogP contribution >= 0.6 is 0 Å². The maximum Gasteiger partial charge on any atom is 0.181 e. The number of nitrogens with one attached hydrogen (secondary N) is 1. The van der Waals surface area contributed by atoms with Gasteiger partial charge in [0.05, 0.1) is 27.7 Å². The Labute approximate surface area is 212 Å². The molecule has 3 aromatic rings. The van der Waals surface area contributed by atoms with Crippen LogP contribution in [0, 0.1) is 5.92 Å². The number of hydrogen-bond acceptors (Lipinski definition) is 6. The number of sulfone groups is 1. The summed E-state index contributed by atoms with van der Waals surface area (Å²) in [5.74, 6) is 1.17. The molecule has 1 aromatic carbocycles. The van der Waals surface area contributed by atoms with Gasteiger partial charge in [0.1, 0.15) is 12.4 Å². The van der Waals surface area contributed by atoms with Crippen molar-refractivity contribution >= 4 is 15.6 Å². The van der Waals surface area contributed by atoms with Crippen molar-refractivity contribution in [2.75, 3.05) is 19.8 Å². The molecule has 1 unspecified atom stereocenters. The third-order valence-electron chi connectivity index (χ3n) is 7.02. The van der Waals surface area contributed by atoms with Crippen LogP contribution in [-0.4, -0.2) is 49.2 Å². The summed E-state index contributed by atoms with van der Waals surface area (Å²) in [4.78, 5) is 19.6. The first-order valence-electron chi connectivity index (χ1n) is 12.6. The lowest BCUT2D eigenvalue weighted by Gasteiger charge is -2.27. The molecule has 1 aliphatic heterocycles. The Morgan fingerprint density at radius 1 is 1.06 bits per heavy atom. The molecule has 1 N–H and O–H groups in total. The fourth-order valence-corrected chi connectivity index (χ4v) is 6.45. The van der Waals surface area contributed by atoms with E-state index in [-0.39, 0.29) is 23.6 Å². The highest BCUT2D eigenvalue weighted by Gasteiger charge is 2.37. The molecule has 0 radical (unpaired) electrons. The van der Waals surface area contributed by atoms with E-state index in [0.717, 1.165) is 68.0 Å². The predicted molar refractivity (Wildman–Crippen MR) is 137 cm³/mol. The average Bonchev–Trinajstić information content (AvgIpc) is 3.66. The van der Waals surface area contributed by atoms with Crippen molar-refractivity contribution in [2.24, 2.45) is 5.92 Å². The number of pyridine rings is 1. The third-order valence-corrected chi connectivity index (χ3v) is 9.30. The Balaban J connectivity index is 1.39. The number of benzene rings is 1. The molecule has 1 saturated heterocycles. The predicted octanol–water partition coefficient (Wildman–Crippen LogP) is 4.93. The molecular weight excluding hydrogens is 476 g/mol. The Morgan fingerprint density at radius 3 is 2.44 bits per heavy atom. The van der Waals surface area contributed by atoms with E-state index in [4.69, 9.17) is 9.47 Å². The number of carbonyl (C=O) groups excluding carboxylic acids is 1. The molecule has 0 bridgehead atoms. The monoisotopic (exact) mass is 508 g/mol. The van der Waals surface area contributed by atoms with Gasteiger partial charge < -0.3 is 14.5 Å². The van der Waals surface area contributed by atoms with Crippen LogP contribution in [-0.2, 0) is 19.4 Å². The molecule has 1 saturated carbocycles. The lowest BCUT2D eigenvalue weighted by molar-refractivity contribution is -0.118. The molecule has 2 aliphatic rings. The first-order chi connectivity index (χ1) is 17.4. The Morgan fingerprint density at radius 2 is 1.81 bits per heavy atom. The fraction of sp³-hybridized carbons (Fsp3) is 0.429. The standard InChI is InChI=1S/C28H32N2O5S/c1-19(31)18-35-22-4-9-27(29-17-22)28-11-10-26(30-28)25(16-20-12-14-34-15-13-20)21-2-5-23(6-3-21)36(32,33)24-7-8-24/h2-6,9-11,17,20,24-25,30H,7-8,12-16,18H2,1H3. The number of hydrogen-bond donors (Lipinski definition) is 1. The quantitative estimate of drug-likeness (QED) is 0.417. The summed E-state index contributed by atoms with van der Waals surface area (Å²) in [5, 5.41) is -0.209. The number of aromatic amines is 1. The number of ether oxygens (including phenoxy) is 2. The van der Waals surface area contributed by atoms with Gasteiger partial charge in [-0.3, -0.25) is 9.78 Å². The maximum absolute atomic E-state index is 12.7. The first-order valence-corrected chi connectivity index (χ1v) is 14.1. The Hall–Kier alpha value is -2.97. The number of rotatable bonds is 10. The van der Waals surface area contributed by atoms with Crippen molar-refractivity contribution in [1.29, 1.82) is 0 Å². The lowest BCUT2D eigenvalue weighted by atomic mass is 9.83. The SMILES string of the molecule is CC(=O)COc1ccc(-c2ccc(C(CC3CCOCC3)c3ccc(S(=O)(=O)C4CC4)cc3)[nH]2)nc1. The fourth-order valence-electron chi connectivity index (χ4n) is 4.79. The first kappa shape index (κ1) is 24.7. The van der Waals surface area contributed by atoms with Gasteiger partial charge in [0.25, 0.3) is 0 Å². The highest BCUT2D eigenvalue weighted by atomic mass is 32.2. The molecule has 0 spiro atoms. The normalized spacial score (nSPS) is 17.6. The largest absolute Gasteiger partial charge is 0.484 e. The molecule has 2 fully saturated rings. The number of nitrogens with zero attached hydrogens (tertiary/aromatic N) is 1. The number of H-pyrrole nitrogens is 1. The second-order valence-corrected chi connectivity index (χ2v) is 12.1. The van der Waals surface area contributed by atoms with Crippen molar-refractivity contribution in [2.45, 2.75) is 55.1 Å². The van der Waals surface area contributed by atoms with Crippen LogP contribution < -0.4 is 4.74 Å². The highest BCUT2D eigenvalue weighted by Crippen LogP contribution is 2.37. The van der Waals surface area contributed by atoms with Gasteiger partial charge in [-0.05, 0) is 86.9 Å². The van der Waals surface area contributed by atoms with Crippen LogP contribution in [0.4, 0.5) is 0 Å². The minimum Gasteiger partial charge on any atom is -0.484 e. The van der Waals surface area contributed by atoms with Crippen LogP contribution in [0.15, 0.2) is 59.6 Å². The van der Waals surface area contributed by atoms with Crippen LogP contribution in [0.1, 0.15) is 56.2 Å². The van der Waals surface area contributed by atoms with Crippen LogP contribution in [0.2, 0.25) is 0 Å². The van der Waals surface area contributed by atoms with Gasteiger partial charge in [0.15, 0.2) is 15.6 Å². The smallest absolute Gasteiger partial charge is 0.181 e. The second-order valence-electron chi connectivity index (χ2n) is 9.85. The van der Waals surface area contributed by atoms with Gasteiger partial charge in [-0.1, -0.05) is 12.1 Å². The Kier molecular flexibility index (Phi) is 7.25. The number of ketones is 1. The van der Waals surface area contributed by atoms with Gasteiger partial charge in [-0.2, -0.15) is 0 Å². The molecule has 2 aromatic heterocycles. The zero-order valence-electron chi connectivity index (χ0n) is 20.5. The molecule has 1 aliphatic carbocycles. The summed E-state index contributed by atoms with van der Waals surface area (Å²) in [7, 11) is -3.21. The van der Waals surface area contributed by atoms with E-state index in [1.807, 2.05) is 30.3 Å². The number of Topliss-reactive ketones (excluding diaryl/α,β-unsaturated/α-hetero) is 1. The Bertz CT molecular complexity index is 1290. The second kappa shape index (κ2) is 10.6. The van der Waals surface area contributed by atoms with Crippen molar-refractivity contribution in [3.63, 3.8) is 0 Å². The number of carbonyl (C=O) groups is 1. The van der Waals surface area contributed by atoms with Crippen LogP contribution in [0.25, 0.3) is 11.4 Å². The van der Waals surface area contributed by atoms with Crippen molar-refractivity contribution in [1.82, 2.24) is 9.97 Å². The van der Waals surface area contributed by atoms with Crippen molar-refractivity contribution in [3.8, 4) is 17.1 Å². The molecule has 8 heteroatoms. The maximum atomic E-state index is 12.7. The lowest BCUT2D eigenvalue weighted by Crippen LogP contribution is -2.19. The summed E-state index contributed by atoms with van der Waals surface area (Å²) in [5.41, 5.74) is 3.86. The molecule has 36 heavy (non-hydrogen) atoms. The van der Waals surface area contributed by atoms with Gasteiger partial charge in [-0.15, -0.1) is 0 Å². The highest BCUT2D eigenvalue weighted by molar-refractivity contribution is 7.92. The van der Waals surface area contributed by atoms with E-state index >= 15 is 0 Å². The van der Waals surface area contributed by atoms with Gasteiger partial charge >= 0.3 is 0 Å². The summed E-state index contributed by atoms with van der Waals surface area (Å²) < 4.78 is 36.3. The summed E-state index contributed by atoms with van der Waals surface area (Å²) in [6.45, 7) is 3.09. The van der Waals surface area contributed by atoms with Crippen molar-refractivity contribution in [3.05, 3.63) is 66.0 Å². The molecule has 3 heterocycles. The zero-order valence-corrected chi connectivity index (χ0v) is 21.3. The van der Waals surface area contributed by atoms with E-state index in [1.54, 1.807) is 18.3 Å². The topological polar surface area (TPSA) is 98.4 Å². The van der Waals surface area contributed by atoms with Crippen molar-refractivity contribution < 1.29 is 22.7 Å². The van der Waals surface area contributed by atoms with Gasteiger partial charge in [0.2, 0.25) is 0 Å². The van der Waals surface area contributed by atoms with Crippen LogP contribution in [0.5, 0.6) is 5.75 Å². The number of aromatic nitrogens is 2. The summed E-state index contributed by atoms with van der Waals surface area (Å²) in [6.07, 6.45) is 6.17. The minimum atomic E-state index is -3.21. The summed E-state index contributed by atoms with van der Waals surface area (Å²) in [6, 6.07) is 15.3. The van der Waals surface area contributed by atoms with Gasteiger partial charge in [0, 0.05) is 24.8 Å². The van der Waals surface area contributed by atoms with E-state index < -0.39 is 9.84 Å². The summed E-state index contributed by atoms with van der Waals surface area (Å²) >= 11 is 0. The van der Waals surface area contributed by atoms with Crippen LogP contribution in [0.3, 0.4) is 0 Å². The van der Waals surface area contributed by atoms with E-state index in [1.165, 1.54) is 6.92 Å². The van der Waals surface area contributed by atoms with Gasteiger partial charge in [-0.25, -0.2) is 8.42 Å². The molecule has 1 atom stereocenters.